The molecule has 0 saturated heterocycles. The number of aryl methyl sites for hydroxylation is 1. The highest BCUT2D eigenvalue weighted by atomic mass is 32.1. The molecule has 3 aromatic rings. The van der Waals surface area contributed by atoms with Crippen molar-refractivity contribution in [1.29, 1.82) is 0 Å². The molecule has 6 nitrogen and oxygen atoms in total. The third kappa shape index (κ3) is 8.04. The molecule has 0 saturated carbocycles. The van der Waals surface area contributed by atoms with Gasteiger partial charge in [-0.25, -0.2) is 4.79 Å². The number of ether oxygens (including phenoxy) is 1. The number of rotatable bonds is 11. The van der Waals surface area contributed by atoms with Gasteiger partial charge in [0.2, 0.25) is 5.91 Å². The van der Waals surface area contributed by atoms with Crippen LogP contribution in [0.5, 0.6) is 0 Å². The number of hydrogen-bond donors (Lipinski definition) is 1. The Kier molecular flexibility index (Phi) is 9.47. The van der Waals surface area contributed by atoms with E-state index in [0.29, 0.717) is 38.3 Å². The minimum atomic E-state index is -0.293. The summed E-state index contributed by atoms with van der Waals surface area (Å²) in [5.41, 5.74) is 2.87. The third-order valence-corrected chi connectivity index (χ3v) is 6.05. The van der Waals surface area contributed by atoms with Crippen LogP contribution in [0.4, 0.5) is 10.5 Å². The number of carbonyl (C=O) groups is 2. The summed E-state index contributed by atoms with van der Waals surface area (Å²) in [5.74, 6) is -0.0938. The molecule has 3 amide bonds. The fourth-order valence-electron chi connectivity index (χ4n) is 3.38. The molecule has 1 heterocycles. The van der Waals surface area contributed by atoms with E-state index >= 15 is 0 Å². The number of methoxy groups -OCH3 is 1. The van der Waals surface area contributed by atoms with Crippen LogP contribution >= 0.6 is 11.3 Å². The third-order valence-electron chi connectivity index (χ3n) is 5.19. The summed E-state index contributed by atoms with van der Waals surface area (Å²) in [6.07, 6.45) is 0.648. The molecule has 0 unspecified atom stereocenters. The lowest BCUT2D eigenvalue weighted by atomic mass is 10.2. The molecule has 0 aliphatic heterocycles. The van der Waals surface area contributed by atoms with Gasteiger partial charge in [-0.3, -0.25) is 4.79 Å². The zero-order chi connectivity index (χ0) is 23.5. The van der Waals surface area contributed by atoms with E-state index in [0.717, 1.165) is 16.0 Å². The summed E-state index contributed by atoms with van der Waals surface area (Å²) in [5, 5.41) is 4.92. The van der Waals surface area contributed by atoms with Crippen molar-refractivity contribution in [1.82, 2.24) is 9.80 Å². The first kappa shape index (κ1) is 24.5. The van der Waals surface area contributed by atoms with Crippen molar-refractivity contribution in [3.8, 4) is 0 Å². The van der Waals surface area contributed by atoms with Crippen LogP contribution in [0.25, 0.3) is 0 Å². The Morgan fingerprint density at radius 1 is 0.939 bits per heavy atom. The summed E-state index contributed by atoms with van der Waals surface area (Å²) in [7, 11) is 1.63. The second-order valence-corrected chi connectivity index (χ2v) is 8.91. The molecule has 0 aliphatic rings. The highest BCUT2D eigenvalue weighted by molar-refractivity contribution is 7.09. The number of nitrogens with one attached hydrogen (secondary N) is 1. The zero-order valence-corrected chi connectivity index (χ0v) is 20.0. The van der Waals surface area contributed by atoms with Crippen molar-refractivity contribution in [2.45, 2.75) is 26.4 Å². The molecule has 1 aromatic heterocycles. The molecule has 0 aliphatic carbocycles. The molecule has 1 N–H and O–H groups in total. The van der Waals surface area contributed by atoms with E-state index in [-0.39, 0.29) is 18.5 Å². The summed E-state index contributed by atoms with van der Waals surface area (Å²) in [4.78, 5) is 30.9. The molecule has 0 atom stereocenters. The highest BCUT2D eigenvalue weighted by Crippen LogP contribution is 2.16. The van der Waals surface area contributed by atoms with Crippen molar-refractivity contribution in [2.24, 2.45) is 0 Å². The van der Waals surface area contributed by atoms with E-state index in [1.165, 1.54) is 0 Å². The van der Waals surface area contributed by atoms with Gasteiger partial charge in [-0.05, 0) is 42.5 Å². The Morgan fingerprint density at radius 2 is 1.70 bits per heavy atom. The van der Waals surface area contributed by atoms with Gasteiger partial charge < -0.3 is 19.9 Å². The summed E-state index contributed by atoms with van der Waals surface area (Å²) in [6.45, 7) is 3.94. The predicted molar refractivity (Wildman–Crippen MR) is 133 cm³/mol. The van der Waals surface area contributed by atoms with Gasteiger partial charge >= 0.3 is 6.03 Å². The van der Waals surface area contributed by atoms with Crippen molar-refractivity contribution in [3.63, 3.8) is 0 Å². The number of amides is 3. The zero-order valence-electron chi connectivity index (χ0n) is 19.2. The van der Waals surface area contributed by atoms with Crippen LogP contribution in [-0.2, 0) is 22.6 Å². The molecule has 2 aromatic carbocycles. The molecular formula is C26H31N3O3S. The van der Waals surface area contributed by atoms with Crippen LogP contribution in [0.2, 0.25) is 0 Å². The maximum absolute atomic E-state index is 13.4. The van der Waals surface area contributed by atoms with Crippen molar-refractivity contribution >= 4 is 29.0 Å². The average molecular weight is 466 g/mol. The molecule has 0 fully saturated rings. The number of benzene rings is 2. The van der Waals surface area contributed by atoms with Gasteiger partial charge in [0.15, 0.2) is 0 Å². The SMILES string of the molecule is COCCCN(CC(=O)N(Cc1ccccc1)Cc1cccs1)C(=O)Nc1ccc(C)cc1. The first-order valence-corrected chi connectivity index (χ1v) is 11.9. The van der Waals surface area contributed by atoms with Gasteiger partial charge in [-0.2, -0.15) is 0 Å². The molecule has 3 rings (SSSR count). The van der Waals surface area contributed by atoms with Gasteiger partial charge in [0.25, 0.3) is 0 Å². The minimum Gasteiger partial charge on any atom is -0.385 e. The number of urea groups is 1. The molecule has 7 heteroatoms. The molecule has 0 radical (unpaired) electrons. The monoisotopic (exact) mass is 465 g/mol. The van der Waals surface area contributed by atoms with E-state index in [1.54, 1.807) is 23.3 Å². The predicted octanol–water partition coefficient (Wildman–Crippen LogP) is 5.16. The van der Waals surface area contributed by atoms with Crippen LogP contribution in [-0.4, -0.2) is 48.5 Å². The Hall–Kier alpha value is -3.16. The van der Waals surface area contributed by atoms with Crippen molar-refractivity contribution in [3.05, 3.63) is 88.1 Å². The normalized spacial score (nSPS) is 10.6. The van der Waals surface area contributed by atoms with Gasteiger partial charge in [-0.1, -0.05) is 54.1 Å². The van der Waals surface area contributed by atoms with Gasteiger partial charge in [0, 0.05) is 37.4 Å². The smallest absolute Gasteiger partial charge is 0.322 e. The van der Waals surface area contributed by atoms with Crippen molar-refractivity contribution < 1.29 is 14.3 Å². The second kappa shape index (κ2) is 12.8. The summed E-state index contributed by atoms with van der Waals surface area (Å²) in [6, 6.07) is 21.2. The maximum Gasteiger partial charge on any atom is 0.322 e. The Balaban J connectivity index is 1.72. The minimum absolute atomic E-state index is 0.000379. The number of carbonyl (C=O) groups excluding carboxylic acids is 2. The lowest BCUT2D eigenvalue weighted by Crippen LogP contribution is -2.44. The number of nitrogens with zero attached hydrogens (tertiary/aromatic N) is 2. The van der Waals surface area contributed by atoms with Gasteiger partial charge in [0.05, 0.1) is 6.54 Å². The van der Waals surface area contributed by atoms with Crippen LogP contribution in [0.15, 0.2) is 72.1 Å². The van der Waals surface area contributed by atoms with Crippen LogP contribution in [0, 0.1) is 6.92 Å². The number of hydrogen-bond acceptors (Lipinski definition) is 4. The van der Waals surface area contributed by atoms with E-state index < -0.39 is 0 Å². The van der Waals surface area contributed by atoms with Crippen molar-refractivity contribution in [2.75, 3.05) is 32.1 Å². The van der Waals surface area contributed by atoms with Gasteiger partial charge in [-0.15, -0.1) is 11.3 Å². The fraction of sp³-hybridized carbons (Fsp3) is 0.308. The maximum atomic E-state index is 13.4. The lowest BCUT2D eigenvalue weighted by molar-refractivity contribution is -0.133. The van der Waals surface area contributed by atoms with Crippen LogP contribution in [0.1, 0.15) is 22.4 Å². The van der Waals surface area contributed by atoms with E-state index in [4.69, 9.17) is 4.74 Å². The quantitative estimate of drug-likeness (QED) is 0.398. The first-order chi connectivity index (χ1) is 16.0. The summed E-state index contributed by atoms with van der Waals surface area (Å²) >= 11 is 1.62. The van der Waals surface area contributed by atoms with E-state index in [9.17, 15) is 9.59 Å². The van der Waals surface area contributed by atoms with E-state index in [1.807, 2.05) is 83.9 Å². The molecule has 0 bridgehead atoms. The van der Waals surface area contributed by atoms with Crippen LogP contribution < -0.4 is 5.32 Å². The number of anilines is 1. The molecule has 174 valence electrons. The number of thiophene rings is 1. The topological polar surface area (TPSA) is 61.9 Å². The van der Waals surface area contributed by atoms with E-state index in [2.05, 4.69) is 5.32 Å². The van der Waals surface area contributed by atoms with Gasteiger partial charge in [0.1, 0.15) is 6.54 Å². The second-order valence-electron chi connectivity index (χ2n) is 7.88. The molecule has 33 heavy (non-hydrogen) atoms. The fourth-order valence-corrected chi connectivity index (χ4v) is 4.10. The average Bonchev–Trinajstić information content (AvgIpc) is 3.33. The largest absolute Gasteiger partial charge is 0.385 e. The highest BCUT2D eigenvalue weighted by Gasteiger charge is 2.22. The van der Waals surface area contributed by atoms with Crippen LogP contribution in [0.3, 0.4) is 0 Å². The Labute approximate surface area is 199 Å². The Morgan fingerprint density at radius 3 is 2.36 bits per heavy atom. The Bertz CT molecular complexity index is 991. The first-order valence-electron chi connectivity index (χ1n) is 11.0. The standard InChI is InChI=1S/C26H31N3O3S/c1-21-11-13-23(14-12-21)27-26(31)28(15-7-16-32-2)20-25(30)29(19-24-10-6-17-33-24)18-22-8-4-3-5-9-22/h3-6,8-14,17H,7,15-16,18-20H2,1-2H3,(H,27,31). The summed E-state index contributed by atoms with van der Waals surface area (Å²) < 4.78 is 5.15. The lowest BCUT2D eigenvalue weighted by Gasteiger charge is -2.28. The molecular weight excluding hydrogens is 434 g/mol. The molecule has 0 spiro atoms.